The van der Waals surface area contributed by atoms with Gasteiger partial charge in [-0.2, -0.15) is 0 Å². The highest BCUT2D eigenvalue weighted by Gasteiger charge is 2.19. The number of benzene rings is 10. The molecule has 302 valence electrons. The van der Waals surface area contributed by atoms with Gasteiger partial charge in [-0.1, -0.05) is 212 Å². The maximum Gasteiger partial charge on any atom is 0.143 e. The van der Waals surface area contributed by atoms with E-state index in [9.17, 15) is 0 Å². The molecule has 11 aromatic rings. The van der Waals surface area contributed by atoms with Crippen molar-refractivity contribution in [3.05, 3.63) is 261 Å². The summed E-state index contributed by atoms with van der Waals surface area (Å²) in [5.74, 6) is 0.887. The van der Waals surface area contributed by atoms with Crippen LogP contribution in [-0.2, 0) is 0 Å². The van der Waals surface area contributed by atoms with Gasteiger partial charge in [0.2, 0.25) is 0 Å². The van der Waals surface area contributed by atoms with E-state index in [-0.39, 0.29) is 0 Å². The normalized spacial score (nSPS) is 11.1. The molecule has 64 heavy (non-hydrogen) atoms. The Balaban J connectivity index is 0.872. The molecule has 0 N–H and O–H groups in total. The summed E-state index contributed by atoms with van der Waals surface area (Å²) in [5.41, 5.74) is 19.4. The van der Waals surface area contributed by atoms with Gasteiger partial charge in [0.05, 0.1) is 0 Å². The summed E-state index contributed by atoms with van der Waals surface area (Å²) in [5, 5.41) is 1.12. The molecule has 0 unspecified atom stereocenters. The van der Waals surface area contributed by atoms with E-state index in [0.717, 1.165) is 67.2 Å². The van der Waals surface area contributed by atoms with Gasteiger partial charge in [-0.3, -0.25) is 0 Å². The number of para-hydroxylation sites is 2. The second-order valence-electron chi connectivity index (χ2n) is 16.0. The smallest absolute Gasteiger partial charge is 0.143 e. The monoisotopic (exact) mass is 817 g/mol. The molecular formula is C62H43NO. The maximum absolute atomic E-state index is 6.55. The summed E-state index contributed by atoms with van der Waals surface area (Å²) in [6, 6.07) is 92.9. The molecule has 0 saturated heterocycles. The number of anilines is 3. The summed E-state index contributed by atoms with van der Waals surface area (Å²) in [4.78, 5) is 2.32. The van der Waals surface area contributed by atoms with Crippen LogP contribution in [0, 0.1) is 0 Å². The highest BCUT2D eigenvalue weighted by Crippen LogP contribution is 2.43. The lowest BCUT2D eigenvalue weighted by atomic mass is 9.89. The predicted octanol–water partition coefficient (Wildman–Crippen LogP) is 17.6. The van der Waals surface area contributed by atoms with Crippen molar-refractivity contribution in [1.82, 2.24) is 0 Å². The molecule has 0 amide bonds. The Labute approximate surface area is 374 Å². The minimum atomic E-state index is 0.887. The molecule has 0 atom stereocenters. The number of hydrogen-bond acceptors (Lipinski definition) is 2. The molecule has 0 bridgehead atoms. The number of rotatable bonds is 10. The van der Waals surface area contributed by atoms with Crippen molar-refractivity contribution >= 4 is 28.0 Å². The average molecular weight is 818 g/mol. The van der Waals surface area contributed by atoms with Crippen LogP contribution in [0.5, 0.6) is 0 Å². The van der Waals surface area contributed by atoms with Crippen molar-refractivity contribution < 1.29 is 4.42 Å². The third kappa shape index (κ3) is 7.48. The third-order valence-corrected chi connectivity index (χ3v) is 12.1. The van der Waals surface area contributed by atoms with E-state index in [1.54, 1.807) is 0 Å². The van der Waals surface area contributed by atoms with Gasteiger partial charge in [-0.15, -0.1) is 0 Å². The summed E-state index contributed by atoms with van der Waals surface area (Å²) < 4.78 is 6.55. The molecule has 2 heteroatoms. The lowest BCUT2D eigenvalue weighted by Crippen LogP contribution is -2.09. The van der Waals surface area contributed by atoms with Crippen molar-refractivity contribution in [2.75, 3.05) is 4.90 Å². The quantitative estimate of drug-likeness (QED) is 0.137. The highest BCUT2D eigenvalue weighted by atomic mass is 16.3. The molecule has 0 saturated carbocycles. The van der Waals surface area contributed by atoms with Crippen molar-refractivity contribution in [3.8, 4) is 78.1 Å². The Morgan fingerprint density at radius 3 is 1.23 bits per heavy atom. The molecule has 0 fully saturated rings. The fourth-order valence-corrected chi connectivity index (χ4v) is 9.01. The minimum absolute atomic E-state index is 0.887. The van der Waals surface area contributed by atoms with Gasteiger partial charge in [0.15, 0.2) is 0 Å². The second kappa shape index (κ2) is 17.1. The lowest BCUT2D eigenvalue weighted by Gasteiger charge is -2.26. The van der Waals surface area contributed by atoms with Gasteiger partial charge in [-0.05, 0) is 110 Å². The molecule has 0 aliphatic carbocycles. The van der Waals surface area contributed by atoms with Crippen LogP contribution in [0.1, 0.15) is 0 Å². The Kier molecular flexibility index (Phi) is 10.3. The second-order valence-corrected chi connectivity index (χ2v) is 16.0. The van der Waals surface area contributed by atoms with E-state index in [1.807, 2.05) is 12.1 Å². The standard InChI is InChI=1S/C62H43NO/c1-4-17-47(18-5-1)55-25-10-12-27-57(55)58-28-13-11-26-56(58)48-37-41-54(42-38-48)63(52-23-8-3-9-24-52)53-39-35-45(36-40-53)44-31-33-46(34-32-44)50-21-16-22-51(43-50)62-61(49-19-6-2-7-20-49)59-29-14-15-30-60(59)64-62/h1-43H. The molecule has 1 heterocycles. The molecule has 0 radical (unpaired) electrons. The van der Waals surface area contributed by atoms with E-state index in [2.05, 4.69) is 254 Å². The lowest BCUT2D eigenvalue weighted by molar-refractivity contribution is 0.632. The molecule has 11 rings (SSSR count). The van der Waals surface area contributed by atoms with Gasteiger partial charge in [-0.25, -0.2) is 0 Å². The zero-order chi connectivity index (χ0) is 42.7. The van der Waals surface area contributed by atoms with Crippen LogP contribution in [0.3, 0.4) is 0 Å². The van der Waals surface area contributed by atoms with E-state index >= 15 is 0 Å². The van der Waals surface area contributed by atoms with Gasteiger partial charge >= 0.3 is 0 Å². The van der Waals surface area contributed by atoms with Crippen molar-refractivity contribution in [1.29, 1.82) is 0 Å². The molecule has 10 aromatic carbocycles. The topological polar surface area (TPSA) is 16.4 Å². The Morgan fingerprint density at radius 1 is 0.250 bits per heavy atom. The molecular weight excluding hydrogens is 775 g/mol. The van der Waals surface area contributed by atoms with Crippen LogP contribution in [0.25, 0.3) is 89.1 Å². The molecule has 0 spiro atoms. The fourth-order valence-electron chi connectivity index (χ4n) is 9.01. The number of fused-ring (bicyclic) bond motifs is 1. The zero-order valence-corrected chi connectivity index (χ0v) is 35.2. The van der Waals surface area contributed by atoms with E-state index < -0.39 is 0 Å². The van der Waals surface area contributed by atoms with Gasteiger partial charge in [0.1, 0.15) is 11.3 Å². The average Bonchev–Trinajstić information content (AvgIpc) is 3.78. The highest BCUT2D eigenvalue weighted by molar-refractivity contribution is 6.02. The van der Waals surface area contributed by atoms with E-state index in [4.69, 9.17) is 4.42 Å². The number of furan rings is 1. The summed E-state index contributed by atoms with van der Waals surface area (Å²) in [6.45, 7) is 0. The van der Waals surface area contributed by atoms with Gasteiger partial charge in [0.25, 0.3) is 0 Å². The Bertz CT molecular complexity index is 3330. The van der Waals surface area contributed by atoms with Crippen LogP contribution >= 0.6 is 0 Å². The van der Waals surface area contributed by atoms with Crippen molar-refractivity contribution in [3.63, 3.8) is 0 Å². The minimum Gasteiger partial charge on any atom is -0.455 e. The Hall–Kier alpha value is -8.46. The van der Waals surface area contributed by atoms with Gasteiger partial charge in [0, 0.05) is 33.6 Å². The van der Waals surface area contributed by atoms with Crippen molar-refractivity contribution in [2.45, 2.75) is 0 Å². The molecule has 0 aliphatic heterocycles. The fraction of sp³-hybridized carbons (Fsp3) is 0. The SMILES string of the molecule is c1ccc(-c2ccccc2-c2ccccc2-c2ccc(N(c3ccccc3)c3ccc(-c4ccc(-c5cccc(-c6oc7ccccc7c6-c6ccccc6)c5)cc4)cc3)cc2)cc1. The molecule has 1 aromatic heterocycles. The summed E-state index contributed by atoms with van der Waals surface area (Å²) in [6.07, 6.45) is 0. The first-order valence-corrected chi connectivity index (χ1v) is 21.8. The van der Waals surface area contributed by atoms with Gasteiger partial charge < -0.3 is 9.32 Å². The summed E-state index contributed by atoms with van der Waals surface area (Å²) >= 11 is 0. The first-order valence-electron chi connectivity index (χ1n) is 21.8. The zero-order valence-electron chi connectivity index (χ0n) is 35.2. The number of nitrogens with zero attached hydrogens (tertiary/aromatic N) is 1. The van der Waals surface area contributed by atoms with Crippen LogP contribution in [0.15, 0.2) is 265 Å². The Morgan fingerprint density at radius 2 is 0.641 bits per heavy atom. The first kappa shape index (κ1) is 38.5. The van der Waals surface area contributed by atoms with Crippen molar-refractivity contribution in [2.24, 2.45) is 0 Å². The number of hydrogen-bond donors (Lipinski definition) is 0. The van der Waals surface area contributed by atoms with Crippen LogP contribution in [-0.4, -0.2) is 0 Å². The van der Waals surface area contributed by atoms with Crippen LogP contribution < -0.4 is 4.90 Å². The molecule has 0 aliphatic rings. The largest absolute Gasteiger partial charge is 0.455 e. The van der Waals surface area contributed by atoms with E-state index in [1.165, 1.54) is 38.9 Å². The van der Waals surface area contributed by atoms with Crippen LogP contribution in [0.2, 0.25) is 0 Å². The van der Waals surface area contributed by atoms with Crippen LogP contribution in [0.4, 0.5) is 17.1 Å². The predicted molar refractivity (Wildman–Crippen MR) is 269 cm³/mol. The summed E-state index contributed by atoms with van der Waals surface area (Å²) in [7, 11) is 0. The third-order valence-electron chi connectivity index (χ3n) is 12.1. The van der Waals surface area contributed by atoms with E-state index in [0.29, 0.717) is 0 Å². The molecule has 2 nitrogen and oxygen atoms in total. The maximum atomic E-state index is 6.55. The first-order chi connectivity index (χ1) is 31.7.